The summed E-state index contributed by atoms with van der Waals surface area (Å²) in [6.45, 7) is 3.19. The van der Waals surface area contributed by atoms with Crippen molar-refractivity contribution in [1.82, 2.24) is 4.90 Å². The second-order valence-electron chi connectivity index (χ2n) is 4.63. The molecule has 0 aliphatic carbocycles. The van der Waals surface area contributed by atoms with Crippen molar-refractivity contribution in [3.8, 4) is 0 Å². The van der Waals surface area contributed by atoms with Crippen molar-refractivity contribution in [3.05, 3.63) is 33.8 Å². The Morgan fingerprint density at radius 1 is 1.33 bits per heavy atom. The second kappa shape index (κ2) is 6.34. The zero-order valence-electron chi connectivity index (χ0n) is 10.6. The Balaban J connectivity index is 2.12. The van der Waals surface area contributed by atoms with Crippen molar-refractivity contribution < 1.29 is 9.53 Å². The molecule has 1 aliphatic rings. The number of carbonyl (C=O) groups excluding carboxylic acids is 1. The van der Waals surface area contributed by atoms with Gasteiger partial charge in [-0.3, -0.25) is 4.90 Å². The van der Waals surface area contributed by atoms with Crippen LogP contribution in [0.15, 0.2) is 22.7 Å². The molecule has 18 heavy (non-hydrogen) atoms. The number of piperidine rings is 1. The zero-order valence-corrected chi connectivity index (χ0v) is 12.2. The van der Waals surface area contributed by atoms with Gasteiger partial charge in [-0.25, -0.2) is 4.79 Å². The summed E-state index contributed by atoms with van der Waals surface area (Å²) in [6.07, 6.45) is 3.88. The standard InChI is InChI=1S/C14H18BrNO2/c1-18-14(17)11-5-6-13(15)12(9-11)10-16-7-3-2-4-8-16/h5-6,9H,2-4,7-8,10H2,1H3. The fourth-order valence-corrected chi connectivity index (χ4v) is 2.67. The van der Waals surface area contributed by atoms with Crippen LogP contribution in [0.5, 0.6) is 0 Å². The van der Waals surface area contributed by atoms with E-state index >= 15 is 0 Å². The van der Waals surface area contributed by atoms with E-state index in [0.29, 0.717) is 5.56 Å². The Morgan fingerprint density at radius 3 is 2.72 bits per heavy atom. The Kier molecular flexibility index (Phi) is 4.78. The summed E-state index contributed by atoms with van der Waals surface area (Å²) >= 11 is 3.55. The first-order chi connectivity index (χ1) is 8.70. The van der Waals surface area contributed by atoms with Gasteiger partial charge in [0.2, 0.25) is 0 Å². The smallest absolute Gasteiger partial charge is 0.337 e. The fourth-order valence-electron chi connectivity index (χ4n) is 2.30. The molecule has 0 N–H and O–H groups in total. The molecule has 1 saturated heterocycles. The Hall–Kier alpha value is -0.870. The number of rotatable bonds is 3. The third-order valence-electron chi connectivity index (χ3n) is 3.31. The minimum atomic E-state index is -0.276. The van der Waals surface area contributed by atoms with Crippen molar-refractivity contribution in [2.75, 3.05) is 20.2 Å². The summed E-state index contributed by atoms with van der Waals surface area (Å²) < 4.78 is 5.81. The molecule has 1 heterocycles. The first-order valence-corrected chi connectivity index (χ1v) is 7.09. The van der Waals surface area contributed by atoms with Crippen molar-refractivity contribution in [2.24, 2.45) is 0 Å². The summed E-state index contributed by atoms with van der Waals surface area (Å²) in [7, 11) is 1.41. The number of carbonyl (C=O) groups is 1. The number of likely N-dealkylation sites (tertiary alicyclic amines) is 1. The van der Waals surface area contributed by atoms with E-state index in [9.17, 15) is 4.79 Å². The molecule has 0 aromatic heterocycles. The lowest BCUT2D eigenvalue weighted by atomic mass is 10.1. The molecule has 98 valence electrons. The van der Waals surface area contributed by atoms with Gasteiger partial charge in [0.15, 0.2) is 0 Å². The number of esters is 1. The van der Waals surface area contributed by atoms with Crippen LogP contribution in [0.3, 0.4) is 0 Å². The largest absolute Gasteiger partial charge is 0.465 e. The normalized spacial score (nSPS) is 16.6. The van der Waals surface area contributed by atoms with Gasteiger partial charge in [-0.05, 0) is 49.7 Å². The Labute approximate surface area is 116 Å². The maximum absolute atomic E-state index is 11.5. The van der Waals surface area contributed by atoms with Crippen LogP contribution >= 0.6 is 15.9 Å². The summed E-state index contributed by atoms with van der Waals surface area (Å²) in [5.74, 6) is -0.276. The quantitative estimate of drug-likeness (QED) is 0.803. The molecule has 0 radical (unpaired) electrons. The molecular formula is C14H18BrNO2. The number of ether oxygens (including phenoxy) is 1. The fraction of sp³-hybridized carbons (Fsp3) is 0.500. The lowest BCUT2D eigenvalue weighted by Gasteiger charge is -2.26. The molecule has 0 unspecified atom stereocenters. The SMILES string of the molecule is COC(=O)c1ccc(Br)c(CN2CCCCC2)c1. The van der Waals surface area contributed by atoms with Crippen LogP contribution in [0.25, 0.3) is 0 Å². The van der Waals surface area contributed by atoms with Gasteiger partial charge in [0.25, 0.3) is 0 Å². The topological polar surface area (TPSA) is 29.5 Å². The van der Waals surface area contributed by atoms with Crippen LogP contribution in [0, 0.1) is 0 Å². The van der Waals surface area contributed by atoms with E-state index in [2.05, 4.69) is 20.8 Å². The number of hydrogen-bond donors (Lipinski definition) is 0. The highest BCUT2D eigenvalue weighted by Crippen LogP contribution is 2.22. The molecule has 1 fully saturated rings. The van der Waals surface area contributed by atoms with E-state index in [1.165, 1.54) is 26.4 Å². The van der Waals surface area contributed by atoms with Crippen LogP contribution in [0.2, 0.25) is 0 Å². The molecule has 3 nitrogen and oxygen atoms in total. The van der Waals surface area contributed by atoms with Crippen LogP contribution in [-0.2, 0) is 11.3 Å². The van der Waals surface area contributed by atoms with E-state index in [1.807, 2.05) is 12.1 Å². The molecule has 2 rings (SSSR count). The highest BCUT2D eigenvalue weighted by atomic mass is 79.9. The van der Waals surface area contributed by atoms with Gasteiger partial charge < -0.3 is 4.74 Å². The lowest BCUT2D eigenvalue weighted by molar-refractivity contribution is 0.0600. The van der Waals surface area contributed by atoms with Crippen molar-refractivity contribution in [1.29, 1.82) is 0 Å². The average Bonchev–Trinajstić information content (AvgIpc) is 2.41. The van der Waals surface area contributed by atoms with Crippen LogP contribution < -0.4 is 0 Å². The second-order valence-corrected chi connectivity index (χ2v) is 5.49. The van der Waals surface area contributed by atoms with Gasteiger partial charge in [0.1, 0.15) is 0 Å². The summed E-state index contributed by atoms with van der Waals surface area (Å²) in [5, 5.41) is 0. The highest BCUT2D eigenvalue weighted by molar-refractivity contribution is 9.10. The van der Waals surface area contributed by atoms with Crippen molar-refractivity contribution >= 4 is 21.9 Å². The molecule has 0 amide bonds. The average molecular weight is 312 g/mol. The highest BCUT2D eigenvalue weighted by Gasteiger charge is 2.14. The predicted molar refractivity (Wildman–Crippen MR) is 74.6 cm³/mol. The monoisotopic (exact) mass is 311 g/mol. The zero-order chi connectivity index (χ0) is 13.0. The van der Waals surface area contributed by atoms with Crippen LogP contribution in [0.1, 0.15) is 35.2 Å². The number of nitrogens with zero attached hydrogens (tertiary/aromatic N) is 1. The van der Waals surface area contributed by atoms with Gasteiger partial charge in [-0.1, -0.05) is 22.4 Å². The van der Waals surface area contributed by atoms with E-state index in [4.69, 9.17) is 4.74 Å². The first-order valence-electron chi connectivity index (χ1n) is 6.30. The summed E-state index contributed by atoms with van der Waals surface area (Å²) in [5.41, 5.74) is 1.77. The number of hydrogen-bond acceptors (Lipinski definition) is 3. The van der Waals surface area contributed by atoms with E-state index < -0.39 is 0 Å². The number of benzene rings is 1. The summed E-state index contributed by atoms with van der Waals surface area (Å²) in [4.78, 5) is 14.0. The van der Waals surface area contributed by atoms with Gasteiger partial charge in [0, 0.05) is 11.0 Å². The minimum absolute atomic E-state index is 0.276. The molecule has 0 atom stereocenters. The number of methoxy groups -OCH3 is 1. The van der Waals surface area contributed by atoms with Gasteiger partial charge in [-0.2, -0.15) is 0 Å². The van der Waals surface area contributed by atoms with E-state index in [1.54, 1.807) is 6.07 Å². The Bertz CT molecular complexity index is 428. The third kappa shape index (κ3) is 3.33. The molecule has 1 aromatic rings. The van der Waals surface area contributed by atoms with Gasteiger partial charge in [-0.15, -0.1) is 0 Å². The predicted octanol–water partition coefficient (Wildman–Crippen LogP) is 3.22. The van der Waals surface area contributed by atoms with Crippen molar-refractivity contribution in [2.45, 2.75) is 25.8 Å². The van der Waals surface area contributed by atoms with Crippen LogP contribution in [0.4, 0.5) is 0 Å². The molecular weight excluding hydrogens is 294 g/mol. The minimum Gasteiger partial charge on any atom is -0.465 e. The third-order valence-corrected chi connectivity index (χ3v) is 4.08. The molecule has 0 spiro atoms. The molecule has 0 bridgehead atoms. The summed E-state index contributed by atoms with van der Waals surface area (Å²) in [6, 6.07) is 5.63. The molecule has 4 heteroatoms. The molecule has 1 aromatic carbocycles. The Morgan fingerprint density at radius 2 is 2.06 bits per heavy atom. The van der Waals surface area contributed by atoms with Crippen molar-refractivity contribution in [3.63, 3.8) is 0 Å². The van der Waals surface area contributed by atoms with Gasteiger partial charge >= 0.3 is 5.97 Å². The maximum atomic E-state index is 11.5. The van der Waals surface area contributed by atoms with Gasteiger partial charge in [0.05, 0.1) is 12.7 Å². The maximum Gasteiger partial charge on any atom is 0.337 e. The molecule has 0 saturated carbocycles. The molecule has 1 aliphatic heterocycles. The first kappa shape index (κ1) is 13.6. The van der Waals surface area contributed by atoms with E-state index in [0.717, 1.165) is 29.7 Å². The number of halogens is 1. The lowest BCUT2D eigenvalue weighted by Crippen LogP contribution is -2.29. The van der Waals surface area contributed by atoms with Crippen LogP contribution in [-0.4, -0.2) is 31.1 Å². The van der Waals surface area contributed by atoms with E-state index in [-0.39, 0.29) is 5.97 Å².